The third kappa shape index (κ3) is 86.3. The van der Waals surface area contributed by atoms with Crippen LogP contribution in [0, 0.1) is 0 Å². The molecule has 0 heterocycles. The molecule has 164 valence electrons. The van der Waals surface area contributed by atoms with Crippen molar-refractivity contribution in [1.82, 2.24) is 20.4 Å². The van der Waals surface area contributed by atoms with Crippen molar-refractivity contribution >= 4 is 50.9 Å². The zero-order valence-corrected chi connectivity index (χ0v) is 21.4. The van der Waals surface area contributed by atoms with Crippen molar-refractivity contribution in [2.45, 2.75) is 28.2 Å². The minimum atomic E-state index is -0.240. The van der Waals surface area contributed by atoms with E-state index in [1.54, 1.807) is 7.05 Å². The summed E-state index contributed by atoms with van der Waals surface area (Å²) in [6.07, 6.45) is 10.9. The molecule has 0 saturated carbocycles. The van der Waals surface area contributed by atoms with E-state index in [4.69, 9.17) is 14.4 Å². The van der Waals surface area contributed by atoms with E-state index < -0.39 is 0 Å². The molecule has 12 nitrogen and oxygen atoms in total. The first-order chi connectivity index (χ1) is 12.4. The summed E-state index contributed by atoms with van der Waals surface area (Å²) in [6.45, 7) is 3.88. The van der Waals surface area contributed by atoms with Crippen molar-refractivity contribution in [3.05, 3.63) is 0 Å². The molecule has 0 rings (SSSR count). The Balaban J connectivity index is -0.0000000337. The fraction of sp³-hybridized carbons (Fsp3) is 0.467. The molecule has 0 aromatic carbocycles. The third-order valence-electron chi connectivity index (χ3n) is 1.07. The number of rotatable bonds is 9. The van der Waals surface area contributed by atoms with Gasteiger partial charge in [0.2, 0.25) is 0 Å². The van der Waals surface area contributed by atoms with Crippen LogP contribution in [-0.2, 0) is 104 Å². The number of hydrogen-bond acceptors (Lipinski definition) is 9. The average Bonchev–Trinajstić information content (AvgIpc) is 2.63. The van der Waals surface area contributed by atoms with Crippen LogP contribution in [0.5, 0.6) is 0 Å². The predicted molar refractivity (Wildman–Crippen MR) is 94.9 cm³/mol. The first-order valence-electron chi connectivity index (χ1n) is 6.12. The van der Waals surface area contributed by atoms with Crippen LogP contribution in [0.1, 0.15) is 28.2 Å². The Hall–Kier alpha value is -1.07. The van der Waals surface area contributed by atoms with Crippen LogP contribution in [0.4, 0.5) is 0 Å². The molecule has 0 atom stereocenters. The van der Waals surface area contributed by atoms with Gasteiger partial charge in [-0.1, -0.05) is 7.43 Å². The molecule has 0 fully saturated rings. The molecule has 29 heavy (non-hydrogen) atoms. The van der Waals surface area contributed by atoms with Crippen LogP contribution in [0.3, 0.4) is 0 Å². The largest absolute Gasteiger partial charge is 0.625 e. The molecule has 0 aliphatic heterocycles. The molecular weight excluding hydrogens is 542 g/mol. The smallest absolute Gasteiger partial charge is 0.0161 e. The van der Waals surface area contributed by atoms with Crippen LogP contribution in [0.2, 0.25) is 0 Å². The molecule has 2 N–H and O–H groups in total. The van der Waals surface area contributed by atoms with Gasteiger partial charge in [-0.05, 0) is 7.05 Å². The van der Waals surface area contributed by atoms with Gasteiger partial charge in [0, 0.05) is 78.8 Å². The topological polar surface area (TPSA) is 167 Å². The molecule has 0 aliphatic carbocycles. The van der Waals surface area contributed by atoms with Gasteiger partial charge in [-0.3, -0.25) is 18.9 Å². The van der Waals surface area contributed by atoms with E-state index in [1.807, 2.05) is 5.32 Å². The monoisotopic (exact) mass is 564 g/mol. The average molecular weight is 564 g/mol. The van der Waals surface area contributed by atoms with E-state index in [0.717, 1.165) is 0 Å². The summed E-state index contributed by atoms with van der Waals surface area (Å²) in [4.78, 5) is 75.1. The summed E-state index contributed by atoms with van der Waals surface area (Å²) in [6, 6.07) is 0. The molecule has 0 saturated heterocycles. The Morgan fingerprint density at radius 3 is 1.00 bits per heavy atom. The molecule has 5 amide bonds. The second-order valence-electron chi connectivity index (χ2n) is 2.78. The van der Waals surface area contributed by atoms with E-state index in [9.17, 15) is 24.0 Å². The molecule has 0 aromatic heterocycles. The van der Waals surface area contributed by atoms with Crippen molar-refractivity contribution in [3.8, 4) is 0 Å². The van der Waals surface area contributed by atoms with Gasteiger partial charge in [0.15, 0.2) is 0 Å². The van der Waals surface area contributed by atoms with Gasteiger partial charge in [0.05, 0.1) is 0 Å². The molecule has 0 aromatic rings. The molecule has 0 spiro atoms. The molecule has 14 heteroatoms. The van der Waals surface area contributed by atoms with Gasteiger partial charge >= 0.3 is 0 Å². The fourth-order valence-corrected chi connectivity index (χ4v) is 0.436. The van der Waals surface area contributed by atoms with E-state index in [2.05, 4.69) is 5.32 Å². The third-order valence-corrected chi connectivity index (χ3v) is 1.07. The number of nitrogens with one attached hydrogen (secondary N) is 2. The maximum Gasteiger partial charge on any atom is 0.0161 e. The Kier molecular flexibility index (Phi) is 111. The number of hydrogen-bond donors (Lipinski definition) is 2. The van der Waals surface area contributed by atoms with Gasteiger partial charge in [0.1, 0.15) is 0 Å². The normalized spacial score (nSPS) is 5.93. The SMILES string of the molecule is C.CNCN([C-]=O)[C-]=O.C[C-]=O.C[C-]=O.C[C-]=O.O=[C-]NCN([C-]=O)[C-]=O.[Y].[Y]. The van der Waals surface area contributed by atoms with E-state index in [0.29, 0.717) is 9.80 Å². The van der Waals surface area contributed by atoms with Crippen LogP contribution in [-0.4, -0.2) is 81.1 Å². The van der Waals surface area contributed by atoms with Crippen LogP contribution < -0.4 is 10.6 Å². The fourth-order valence-electron chi connectivity index (χ4n) is 0.436. The Morgan fingerprint density at radius 2 is 0.862 bits per heavy atom. The van der Waals surface area contributed by atoms with Gasteiger partial charge in [-0.2, -0.15) is 52.8 Å². The number of imide groups is 2. The maximum absolute atomic E-state index is 9.62. The summed E-state index contributed by atoms with van der Waals surface area (Å²) in [7, 11) is 1.61. The number of amides is 5. The van der Waals surface area contributed by atoms with E-state index in [-0.39, 0.29) is 86.2 Å². The van der Waals surface area contributed by atoms with E-state index in [1.165, 1.54) is 71.7 Å². The van der Waals surface area contributed by atoms with Crippen LogP contribution >= 0.6 is 0 Å². The minimum absolute atomic E-state index is 0. The standard InChI is InChI=1S/C4H3N2O3.C4H6N2O2.3C2H3O.CH4.2Y/c7-2-5-1-6(3-8)4-9;1-5-2-6(3-7)4-8;3*1-2-3;;;/h1H2,(H,5,7);5H,2H2,1H3;3*1H3;1H4;;/q-3;-2;3*-1;;;. The van der Waals surface area contributed by atoms with Crippen molar-refractivity contribution in [1.29, 1.82) is 0 Å². The van der Waals surface area contributed by atoms with Crippen molar-refractivity contribution in [2.75, 3.05) is 20.4 Å². The minimum Gasteiger partial charge on any atom is -0.625 e. The van der Waals surface area contributed by atoms with Gasteiger partial charge in [0.25, 0.3) is 0 Å². The number of carbonyl (C=O) groups excluding carboxylic acids is 8. The molecule has 0 bridgehead atoms. The zero-order chi connectivity index (χ0) is 21.6. The molecular formula is C15H22N4O8Y2-8. The van der Waals surface area contributed by atoms with E-state index >= 15 is 0 Å². The van der Waals surface area contributed by atoms with Gasteiger partial charge in [-0.15, -0.1) is 0 Å². The Labute approximate surface area is 222 Å². The number of nitrogens with zero attached hydrogens (tertiary/aromatic N) is 2. The summed E-state index contributed by atoms with van der Waals surface area (Å²) in [5.74, 6) is 0. The van der Waals surface area contributed by atoms with Crippen molar-refractivity contribution in [3.63, 3.8) is 0 Å². The first kappa shape index (κ1) is 51.0. The van der Waals surface area contributed by atoms with Crippen molar-refractivity contribution in [2.24, 2.45) is 0 Å². The summed E-state index contributed by atoms with van der Waals surface area (Å²) in [5, 5.41) is 4.52. The maximum atomic E-state index is 9.62. The second-order valence-corrected chi connectivity index (χ2v) is 2.78. The zero-order valence-electron chi connectivity index (χ0n) is 15.7. The summed E-state index contributed by atoms with van der Waals surface area (Å²) in [5.41, 5.74) is 0. The Morgan fingerprint density at radius 1 is 0.621 bits per heavy atom. The predicted octanol–water partition coefficient (Wildman–Crippen LogP) is -2.38. The Bertz CT molecular complexity index is 348. The van der Waals surface area contributed by atoms with Gasteiger partial charge < -0.3 is 58.8 Å². The molecule has 2 radical (unpaired) electrons. The van der Waals surface area contributed by atoms with Crippen molar-refractivity contribution < 1.29 is 104 Å². The summed E-state index contributed by atoms with van der Waals surface area (Å²) >= 11 is 0. The quantitative estimate of drug-likeness (QED) is 0.177. The first-order valence-corrected chi connectivity index (χ1v) is 6.12. The summed E-state index contributed by atoms with van der Waals surface area (Å²) < 4.78 is 0. The van der Waals surface area contributed by atoms with Gasteiger partial charge in [-0.25, -0.2) is 0 Å². The molecule has 0 aliphatic rings. The second kappa shape index (κ2) is 63.2. The van der Waals surface area contributed by atoms with Crippen LogP contribution in [0.25, 0.3) is 0 Å². The molecule has 0 unspecified atom stereocenters. The van der Waals surface area contributed by atoms with Crippen LogP contribution in [0.15, 0.2) is 0 Å².